The van der Waals surface area contributed by atoms with Crippen LogP contribution in [0.1, 0.15) is 11.1 Å². The molecular formula is C56H43N3. The monoisotopic (exact) mass is 757 g/mol. The fraction of sp³-hybridized carbons (Fsp3) is 0.0357. The summed E-state index contributed by atoms with van der Waals surface area (Å²) in [5.41, 5.74) is 17.8. The highest BCUT2D eigenvalue weighted by atomic mass is 15.2. The molecule has 3 nitrogen and oxygen atoms in total. The van der Waals surface area contributed by atoms with Gasteiger partial charge in [-0.25, -0.2) is 0 Å². The summed E-state index contributed by atoms with van der Waals surface area (Å²) in [6.45, 7) is 0. The molecule has 9 aromatic rings. The van der Waals surface area contributed by atoms with Crippen molar-refractivity contribution >= 4 is 51.2 Å². The van der Waals surface area contributed by atoms with Crippen molar-refractivity contribution in [1.82, 2.24) is 0 Å². The third-order valence-corrected chi connectivity index (χ3v) is 11.3. The van der Waals surface area contributed by atoms with Crippen molar-refractivity contribution in [3.63, 3.8) is 0 Å². The maximum Gasteiger partial charge on any atom is 0.0482 e. The number of benzene rings is 9. The molecule has 0 atom stereocenters. The first kappa shape index (κ1) is 35.8. The standard InChI is InChI=1S/C56H43N3/c1-6-17-46(18-7-1)57(47-19-8-2-9-20-47)51-36-33-42(34-37-51)45-32-31-43-29-30-44-35-38-54(41-56(44)55(43)39-45)59(50-25-14-5-15-26-50)53-28-16-27-52(40-53)58(48-21-10-3-11-22-48)49-23-12-4-13-24-49/h1-28,31-41H,29-30H2. The van der Waals surface area contributed by atoms with Gasteiger partial charge in [0, 0.05) is 51.2 Å². The van der Waals surface area contributed by atoms with Gasteiger partial charge in [-0.05, 0) is 155 Å². The molecule has 10 rings (SSSR count). The highest BCUT2D eigenvalue weighted by Crippen LogP contribution is 2.44. The molecule has 0 aromatic heterocycles. The minimum atomic E-state index is 1.02. The van der Waals surface area contributed by atoms with E-state index in [1.165, 1.54) is 33.4 Å². The predicted octanol–water partition coefficient (Wildman–Crippen LogP) is 15.5. The van der Waals surface area contributed by atoms with Crippen LogP contribution in [0.25, 0.3) is 22.3 Å². The summed E-state index contributed by atoms with van der Waals surface area (Å²) in [5.74, 6) is 0. The number of rotatable bonds is 10. The van der Waals surface area contributed by atoms with Crippen molar-refractivity contribution in [2.24, 2.45) is 0 Å². The van der Waals surface area contributed by atoms with Crippen molar-refractivity contribution in [1.29, 1.82) is 0 Å². The number of fused-ring (bicyclic) bond motifs is 3. The smallest absolute Gasteiger partial charge is 0.0482 e. The molecule has 59 heavy (non-hydrogen) atoms. The Balaban J connectivity index is 1.03. The van der Waals surface area contributed by atoms with Gasteiger partial charge in [-0.1, -0.05) is 127 Å². The second-order valence-corrected chi connectivity index (χ2v) is 15.0. The number of hydrogen-bond donors (Lipinski definition) is 0. The average molecular weight is 758 g/mol. The van der Waals surface area contributed by atoms with E-state index in [9.17, 15) is 0 Å². The molecule has 0 N–H and O–H groups in total. The van der Waals surface area contributed by atoms with Gasteiger partial charge in [-0.2, -0.15) is 0 Å². The molecule has 0 aliphatic heterocycles. The van der Waals surface area contributed by atoms with E-state index in [1.807, 2.05) is 0 Å². The Morgan fingerprint density at radius 2 is 0.525 bits per heavy atom. The number of para-hydroxylation sites is 5. The van der Waals surface area contributed by atoms with Gasteiger partial charge in [0.1, 0.15) is 0 Å². The third-order valence-electron chi connectivity index (χ3n) is 11.3. The lowest BCUT2D eigenvalue weighted by atomic mass is 9.83. The lowest BCUT2D eigenvalue weighted by Gasteiger charge is -2.30. The van der Waals surface area contributed by atoms with Crippen molar-refractivity contribution in [2.75, 3.05) is 14.7 Å². The Kier molecular flexibility index (Phi) is 9.75. The third kappa shape index (κ3) is 7.27. The van der Waals surface area contributed by atoms with Crippen LogP contribution in [0.2, 0.25) is 0 Å². The number of anilines is 9. The highest BCUT2D eigenvalue weighted by Gasteiger charge is 2.22. The summed E-state index contributed by atoms with van der Waals surface area (Å²) >= 11 is 0. The van der Waals surface area contributed by atoms with Crippen LogP contribution in [-0.4, -0.2) is 0 Å². The van der Waals surface area contributed by atoms with Gasteiger partial charge < -0.3 is 14.7 Å². The summed E-state index contributed by atoms with van der Waals surface area (Å²) in [5, 5.41) is 0. The Labute approximate surface area is 347 Å². The second kappa shape index (κ2) is 16.1. The summed E-state index contributed by atoms with van der Waals surface area (Å²) in [7, 11) is 0. The zero-order chi connectivity index (χ0) is 39.4. The summed E-state index contributed by atoms with van der Waals surface area (Å²) in [6, 6.07) is 85.1. The van der Waals surface area contributed by atoms with E-state index in [4.69, 9.17) is 0 Å². The lowest BCUT2D eigenvalue weighted by Crippen LogP contribution is -2.14. The van der Waals surface area contributed by atoms with Gasteiger partial charge in [0.25, 0.3) is 0 Å². The van der Waals surface area contributed by atoms with Crippen LogP contribution in [0.15, 0.2) is 237 Å². The van der Waals surface area contributed by atoms with Crippen LogP contribution in [0.3, 0.4) is 0 Å². The molecule has 3 heteroatoms. The Hall–Kier alpha value is -7.62. The van der Waals surface area contributed by atoms with Crippen molar-refractivity contribution in [3.05, 3.63) is 248 Å². The number of aryl methyl sites for hydroxylation is 2. The first-order valence-electron chi connectivity index (χ1n) is 20.4. The molecule has 282 valence electrons. The summed E-state index contributed by atoms with van der Waals surface area (Å²) < 4.78 is 0. The SMILES string of the molecule is c1ccc(N(c2ccccc2)c2ccc(-c3ccc4c(c3)-c3cc(N(c5ccccc5)c5cccc(N(c6ccccc6)c6ccccc6)c5)ccc3CC4)cc2)cc1. The predicted molar refractivity (Wildman–Crippen MR) is 249 cm³/mol. The van der Waals surface area contributed by atoms with E-state index in [2.05, 4.69) is 251 Å². The van der Waals surface area contributed by atoms with Crippen LogP contribution >= 0.6 is 0 Å². The van der Waals surface area contributed by atoms with Gasteiger partial charge in [-0.3, -0.25) is 0 Å². The molecular weight excluding hydrogens is 715 g/mol. The lowest BCUT2D eigenvalue weighted by molar-refractivity contribution is 0.942. The zero-order valence-corrected chi connectivity index (χ0v) is 32.8. The van der Waals surface area contributed by atoms with Crippen molar-refractivity contribution < 1.29 is 0 Å². The minimum absolute atomic E-state index is 1.02. The van der Waals surface area contributed by atoms with E-state index >= 15 is 0 Å². The average Bonchev–Trinajstić information content (AvgIpc) is 3.31. The zero-order valence-electron chi connectivity index (χ0n) is 32.8. The first-order valence-corrected chi connectivity index (χ1v) is 20.4. The van der Waals surface area contributed by atoms with E-state index in [0.717, 1.165) is 64.0 Å². The van der Waals surface area contributed by atoms with E-state index in [1.54, 1.807) is 0 Å². The van der Waals surface area contributed by atoms with Gasteiger partial charge in [-0.15, -0.1) is 0 Å². The van der Waals surface area contributed by atoms with Gasteiger partial charge in [0.15, 0.2) is 0 Å². The van der Waals surface area contributed by atoms with Crippen molar-refractivity contribution in [3.8, 4) is 22.3 Å². The van der Waals surface area contributed by atoms with E-state index in [-0.39, 0.29) is 0 Å². The molecule has 0 saturated heterocycles. The van der Waals surface area contributed by atoms with E-state index < -0.39 is 0 Å². The largest absolute Gasteiger partial charge is 0.311 e. The molecule has 0 bridgehead atoms. The minimum Gasteiger partial charge on any atom is -0.311 e. The fourth-order valence-electron chi connectivity index (χ4n) is 8.47. The molecule has 1 aliphatic rings. The van der Waals surface area contributed by atoms with Gasteiger partial charge in [0.05, 0.1) is 0 Å². The quantitative estimate of drug-likeness (QED) is 0.138. The van der Waals surface area contributed by atoms with E-state index in [0.29, 0.717) is 0 Å². The highest BCUT2D eigenvalue weighted by molar-refractivity contribution is 5.87. The van der Waals surface area contributed by atoms with Crippen LogP contribution < -0.4 is 14.7 Å². The molecule has 0 heterocycles. The Morgan fingerprint density at radius 1 is 0.220 bits per heavy atom. The maximum absolute atomic E-state index is 2.41. The molecule has 1 aliphatic carbocycles. The first-order chi connectivity index (χ1) is 29.3. The maximum atomic E-state index is 2.41. The molecule has 0 unspecified atom stereocenters. The van der Waals surface area contributed by atoms with Crippen molar-refractivity contribution in [2.45, 2.75) is 12.8 Å². The van der Waals surface area contributed by atoms with Crippen LogP contribution in [-0.2, 0) is 12.8 Å². The molecule has 0 amide bonds. The second-order valence-electron chi connectivity index (χ2n) is 15.0. The molecule has 9 aromatic carbocycles. The Morgan fingerprint density at radius 3 is 0.983 bits per heavy atom. The molecule has 0 saturated carbocycles. The normalized spacial score (nSPS) is 11.6. The number of nitrogens with zero attached hydrogens (tertiary/aromatic N) is 3. The number of hydrogen-bond acceptors (Lipinski definition) is 3. The van der Waals surface area contributed by atoms with Crippen LogP contribution in [0, 0.1) is 0 Å². The Bertz CT molecular complexity index is 2730. The van der Waals surface area contributed by atoms with Crippen LogP contribution in [0.5, 0.6) is 0 Å². The van der Waals surface area contributed by atoms with Gasteiger partial charge >= 0.3 is 0 Å². The summed E-state index contributed by atoms with van der Waals surface area (Å²) in [6.07, 6.45) is 2.05. The molecule has 0 spiro atoms. The van der Waals surface area contributed by atoms with Crippen LogP contribution in [0.4, 0.5) is 51.2 Å². The fourth-order valence-corrected chi connectivity index (χ4v) is 8.47. The molecule has 0 radical (unpaired) electrons. The van der Waals surface area contributed by atoms with Gasteiger partial charge in [0.2, 0.25) is 0 Å². The topological polar surface area (TPSA) is 9.72 Å². The summed E-state index contributed by atoms with van der Waals surface area (Å²) in [4.78, 5) is 7.02. The molecule has 0 fully saturated rings.